The minimum Gasteiger partial charge on any atom is -0.481 e. The monoisotopic (exact) mass is 330 g/mol. The Morgan fingerprint density at radius 3 is 2.35 bits per heavy atom. The molecule has 0 aromatic heterocycles. The first-order chi connectivity index (χ1) is 9.66. The molecule has 20 heavy (non-hydrogen) atoms. The Kier molecular flexibility index (Phi) is 5.13. The van der Waals surface area contributed by atoms with Crippen molar-refractivity contribution in [1.82, 2.24) is 0 Å². The van der Waals surface area contributed by atoms with Crippen LogP contribution in [0, 0.1) is 0 Å². The van der Waals surface area contributed by atoms with Crippen LogP contribution in [0.1, 0.15) is 23.5 Å². The number of carboxylic acid groups (broad SMARTS) is 1. The molecule has 0 aliphatic heterocycles. The molecule has 2 nitrogen and oxygen atoms in total. The van der Waals surface area contributed by atoms with Gasteiger partial charge in [0.05, 0.1) is 5.92 Å². The summed E-state index contributed by atoms with van der Waals surface area (Å²) >= 11 is 3.35. The van der Waals surface area contributed by atoms with Gasteiger partial charge in [0.1, 0.15) is 0 Å². The van der Waals surface area contributed by atoms with Gasteiger partial charge in [-0.15, -0.1) is 0 Å². The fourth-order valence-electron chi connectivity index (χ4n) is 1.98. The van der Waals surface area contributed by atoms with E-state index in [1.807, 2.05) is 66.7 Å². The van der Waals surface area contributed by atoms with E-state index in [0.717, 1.165) is 15.6 Å². The van der Waals surface area contributed by atoms with Gasteiger partial charge < -0.3 is 5.11 Å². The second-order valence-electron chi connectivity index (χ2n) is 4.49. The number of aliphatic carboxylic acids is 1. The molecule has 1 N–H and O–H groups in total. The number of halogens is 1. The molecule has 2 aromatic carbocycles. The van der Waals surface area contributed by atoms with E-state index in [2.05, 4.69) is 15.9 Å². The third-order valence-electron chi connectivity index (χ3n) is 3.05. The Labute approximate surface area is 126 Å². The summed E-state index contributed by atoms with van der Waals surface area (Å²) in [7, 11) is 0. The Hall–Kier alpha value is -1.87. The van der Waals surface area contributed by atoms with Crippen molar-refractivity contribution in [2.24, 2.45) is 0 Å². The molecule has 102 valence electrons. The molecule has 0 aliphatic carbocycles. The van der Waals surface area contributed by atoms with Crippen LogP contribution in [0.2, 0.25) is 0 Å². The summed E-state index contributed by atoms with van der Waals surface area (Å²) < 4.78 is 0.949. The Bertz CT molecular complexity index is 588. The van der Waals surface area contributed by atoms with E-state index >= 15 is 0 Å². The number of carboxylic acids is 1. The summed E-state index contributed by atoms with van der Waals surface area (Å²) in [6.07, 6.45) is 4.34. The van der Waals surface area contributed by atoms with Crippen molar-refractivity contribution in [2.75, 3.05) is 0 Å². The van der Waals surface area contributed by atoms with Gasteiger partial charge in [0.25, 0.3) is 0 Å². The Balaban J connectivity index is 2.09. The van der Waals surface area contributed by atoms with Gasteiger partial charge in [-0.1, -0.05) is 70.5 Å². The average molecular weight is 331 g/mol. The normalized spacial score (nSPS) is 12.4. The number of rotatable bonds is 5. The first kappa shape index (κ1) is 14.5. The minimum atomic E-state index is -0.801. The van der Waals surface area contributed by atoms with Gasteiger partial charge in [0.2, 0.25) is 0 Å². The Morgan fingerprint density at radius 2 is 1.75 bits per heavy atom. The van der Waals surface area contributed by atoms with Gasteiger partial charge in [0.15, 0.2) is 0 Å². The number of hydrogen-bond donors (Lipinski definition) is 1. The molecule has 0 bridgehead atoms. The van der Waals surface area contributed by atoms with Gasteiger partial charge in [0, 0.05) is 4.47 Å². The highest BCUT2D eigenvalue weighted by atomic mass is 79.9. The summed E-state index contributed by atoms with van der Waals surface area (Å²) in [5.74, 6) is -1.31. The summed E-state index contributed by atoms with van der Waals surface area (Å²) in [5.41, 5.74) is 1.89. The van der Waals surface area contributed by atoms with Crippen molar-refractivity contribution in [3.05, 3.63) is 76.3 Å². The highest BCUT2D eigenvalue weighted by molar-refractivity contribution is 9.10. The van der Waals surface area contributed by atoms with Crippen LogP contribution in [0.15, 0.2) is 65.1 Å². The van der Waals surface area contributed by atoms with Gasteiger partial charge in [-0.05, 0) is 29.7 Å². The number of benzene rings is 2. The largest absolute Gasteiger partial charge is 0.481 e. The van der Waals surface area contributed by atoms with Gasteiger partial charge in [-0.25, -0.2) is 0 Å². The highest BCUT2D eigenvalue weighted by Gasteiger charge is 2.17. The van der Waals surface area contributed by atoms with Crippen molar-refractivity contribution in [2.45, 2.75) is 12.3 Å². The lowest BCUT2D eigenvalue weighted by Crippen LogP contribution is -2.10. The zero-order chi connectivity index (χ0) is 14.4. The summed E-state index contributed by atoms with van der Waals surface area (Å²) in [5, 5.41) is 9.35. The van der Waals surface area contributed by atoms with Crippen LogP contribution in [0.3, 0.4) is 0 Å². The van der Waals surface area contributed by atoms with Crippen LogP contribution >= 0.6 is 15.9 Å². The molecule has 2 aromatic rings. The van der Waals surface area contributed by atoms with Crippen molar-refractivity contribution < 1.29 is 9.90 Å². The average Bonchev–Trinajstić information content (AvgIpc) is 2.46. The van der Waals surface area contributed by atoms with Crippen molar-refractivity contribution in [1.29, 1.82) is 0 Å². The number of hydrogen-bond acceptors (Lipinski definition) is 1. The highest BCUT2D eigenvalue weighted by Crippen LogP contribution is 2.23. The van der Waals surface area contributed by atoms with E-state index in [9.17, 15) is 9.90 Å². The first-order valence-corrected chi connectivity index (χ1v) is 7.16. The molecule has 0 fully saturated rings. The molecule has 0 spiro atoms. The van der Waals surface area contributed by atoms with Crippen molar-refractivity contribution in [3.63, 3.8) is 0 Å². The molecule has 0 aliphatic rings. The molecular weight excluding hydrogens is 316 g/mol. The molecule has 1 unspecified atom stereocenters. The molecule has 3 heteroatoms. The van der Waals surface area contributed by atoms with Gasteiger partial charge in [-0.3, -0.25) is 4.79 Å². The number of carbonyl (C=O) groups is 1. The second-order valence-corrected chi connectivity index (χ2v) is 5.41. The minimum absolute atomic E-state index is 0.478. The summed E-state index contributed by atoms with van der Waals surface area (Å²) in [6.45, 7) is 0. The van der Waals surface area contributed by atoms with Crippen LogP contribution in [-0.2, 0) is 4.79 Å². The molecule has 0 amide bonds. The van der Waals surface area contributed by atoms with E-state index in [1.165, 1.54) is 0 Å². The third-order valence-corrected chi connectivity index (χ3v) is 3.58. The smallest absolute Gasteiger partial charge is 0.311 e. The zero-order valence-electron chi connectivity index (χ0n) is 10.9. The van der Waals surface area contributed by atoms with Crippen LogP contribution < -0.4 is 0 Å². The van der Waals surface area contributed by atoms with E-state index < -0.39 is 11.9 Å². The maximum absolute atomic E-state index is 11.4. The predicted octanol–water partition coefficient (Wildman–Crippen LogP) is 4.72. The molecular formula is C17H15BrO2. The molecule has 0 heterocycles. The lowest BCUT2D eigenvalue weighted by Gasteiger charge is -2.10. The molecule has 0 saturated heterocycles. The van der Waals surface area contributed by atoms with Crippen molar-refractivity contribution >= 4 is 28.0 Å². The van der Waals surface area contributed by atoms with Crippen LogP contribution in [0.25, 0.3) is 6.08 Å². The van der Waals surface area contributed by atoms with Crippen LogP contribution in [-0.4, -0.2) is 11.1 Å². The van der Waals surface area contributed by atoms with E-state index in [4.69, 9.17) is 0 Å². The first-order valence-electron chi connectivity index (χ1n) is 6.36. The lowest BCUT2D eigenvalue weighted by molar-refractivity contribution is -0.138. The molecule has 0 radical (unpaired) electrons. The zero-order valence-corrected chi connectivity index (χ0v) is 12.5. The summed E-state index contributed by atoms with van der Waals surface area (Å²) in [6, 6.07) is 17.3. The molecule has 1 atom stereocenters. The van der Waals surface area contributed by atoms with Gasteiger partial charge >= 0.3 is 5.97 Å². The SMILES string of the molecule is O=C(O)C(CC=Cc1ccccc1)c1ccc(Br)cc1. The summed E-state index contributed by atoms with van der Waals surface area (Å²) in [4.78, 5) is 11.4. The third kappa shape index (κ3) is 4.07. The standard InChI is InChI=1S/C17H15BrO2/c18-15-11-9-14(10-12-15)16(17(19)20)8-4-7-13-5-2-1-3-6-13/h1-7,9-12,16H,8H2,(H,19,20). The quantitative estimate of drug-likeness (QED) is 0.861. The topological polar surface area (TPSA) is 37.3 Å². The Morgan fingerprint density at radius 1 is 1.10 bits per heavy atom. The van der Waals surface area contributed by atoms with Crippen LogP contribution in [0.5, 0.6) is 0 Å². The predicted molar refractivity (Wildman–Crippen MR) is 84.6 cm³/mol. The molecule has 0 saturated carbocycles. The second kappa shape index (κ2) is 7.06. The van der Waals surface area contributed by atoms with Gasteiger partial charge in [-0.2, -0.15) is 0 Å². The van der Waals surface area contributed by atoms with Crippen LogP contribution in [0.4, 0.5) is 0 Å². The van der Waals surface area contributed by atoms with Crippen molar-refractivity contribution in [3.8, 4) is 0 Å². The van der Waals surface area contributed by atoms with E-state index in [-0.39, 0.29) is 0 Å². The van der Waals surface area contributed by atoms with E-state index in [1.54, 1.807) is 0 Å². The fourth-order valence-corrected chi connectivity index (χ4v) is 2.24. The maximum Gasteiger partial charge on any atom is 0.311 e. The van der Waals surface area contributed by atoms with E-state index in [0.29, 0.717) is 6.42 Å². The maximum atomic E-state index is 11.4. The lowest BCUT2D eigenvalue weighted by atomic mass is 9.95. The molecule has 2 rings (SSSR count). The number of allylic oxidation sites excluding steroid dienone is 1. The fraction of sp³-hybridized carbons (Fsp3) is 0.118.